The molecule has 0 saturated heterocycles. The minimum Gasteiger partial charge on any atom is -0.369 e. The van der Waals surface area contributed by atoms with Crippen molar-refractivity contribution in [3.05, 3.63) is 59.7 Å². The van der Waals surface area contributed by atoms with Gasteiger partial charge >= 0.3 is 0 Å². The first-order chi connectivity index (χ1) is 11.6. The molecule has 0 spiro atoms. The van der Waals surface area contributed by atoms with Gasteiger partial charge in [0.1, 0.15) is 0 Å². The Labute approximate surface area is 146 Å². The summed E-state index contributed by atoms with van der Waals surface area (Å²) < 4.78 is 0. The predicted molar refractivity (Wildman–Crippen MR) is 99.1 cm³/mol. The summed E-state index contributed by atoms with van der Waals surface area (Å²) in [6, 6.07) is 15.8. The Bertz CT molecular complexity index is 699. The second-order valence-corrected chi connectivity index (χ2v) is 6.49. The van der Waals surface area contributed by atoms with Crippen LogP contribution in [0, 0.1) is 0 Å². The van der Waals surface area contributed by atoms with Gasteiger partial charge in [-0.25, -0.2) is 0 Å². The Morgan fingerprint density at radius 2 is 1.71 bits per heavy atom. The van der Waals surface area contributed by atoms with Crippen LogP contribution in [0.4, 0.5) is 5.69 Å². The molecule has 0 radical (unpaired) electrons. The molecule has 3 N–H and O–H groups in total. The van der Waals surface area contributed by atoms with E-state index in [9.17, 15) is 9.59 Å². The second-order valence-electron chi connectivity index (χ2n) is 5.47. The van der Waals surface area contributed by atoms with Crippen molar-refractivity contribution in [2.75, 3.05) is 11.1 Å². The lowest BCUT2D eigenvalue weighted by Crippen LogP contribution is -2.15. The average Bonchev–Trinajstić information content (AvgIpc) is 2.59. The molecule has 0 fully saturated rings. The number of primary amides is 1. The number of thioether (sulfide) groups is 1. The van der Waals surface area contributed by atoms with Crippen LogP contribution in [0.5, 0.6) is 0 Å². The van der Waals surface area contributed by atoms with Gasteiger partial charge in [0.25, 0.3) is 0 Å². The SMILES string of the molecule is CCc1ccc(CCC(=O)Nc2ccccc2SCC(N)=O)cc1. The van der Waals surface area contributed by atoms with E-state index in [1.807, 2.05) is 24.3 Å². The third kappa shape index (κ3) is 5.74. The van der Waals surface area contributed by atoms with Crippen molar-refractivity contribution in [2.45, 2.75) is 31.1 Å². The molecule has 0 heterocycles. The van der Waals surface area contributed by atoms with Crippen molar-refractivity contribution in [2.24, 2.45) is 5.73 Å². The molecular weight excluding hydrogens is 320 g/mol. The summed E-state index contributed by atoms with van der Waals surface area (Å²) in [4.78, 5) is 24.0. The number of rotatable bonds is 8. The third-order valence-electron chi connectivity index (χ3n) is 3.60. The normalized spacial score (nSPS) is 10.4. The summed E-state index contributed by atoms with van der Waals surface area (Å²) in [5.74, 6) is -0.227. The summed E-state index contributed by atoms with van der Waals surface area (Å²) in [6.45, 7) is 2.12. The van der Waals surface area contributed by atoms with Crippen LogP contribution in [0.25, 0.3) is 0 Å². The highest BCUT2D eigenvalue weighted by atomic mass is 32.2. The van der Waals surface area contributed by atoms with Crippen molar-refractivity contribution >= 4 is 29.3 Å². The van der Waals surface area contributed by atoms with Gasteiger partial charge in [0, 0.05) is 11.3 Å². The number of hydrogen-bond donors (Lipinski definition) is 2. The highest BCUT2D eigenvalue weighted by Gasteiger charge is 2.08. The van der Waals surface area contributed by atoms with Crippen LogP contribution in [0.15, 0.2) is 53.4 Å². The predicted octanol–water partition coefficient (Wildman–Crippen LogP) is 3.40. The second kappa shape index (κ2) is 9.13. The van der Waals surface area contributed by atoms with Gasteiger partial charge in [0.05, 0.1) is 11.4 Å². The Balaban J connectivity index is 1.90. The molecule has 0 aliphatic heterocycles. The zero-order chi connectivity index (χ0) is 17.4. The molecule has 4 nitrogen and oxygen atoms in total. The maximum absolute atomic E-state index is 12.2. The van der Waals surface area contributed by atoms with E-state index in [0.717, 1.165) is 22.6 Å². The molecule has 2 aromatic rings. The summed E-state index contributed by atoms with van der Waals surface area (Å²) in [5.41, 5.74) is 8.34. The van der Waals surface area contributed by atoms with Crippen molar-refractivity contribution in [3.63, 3.8) is 0 Å². The minimum atomic E-state index is -0.378. The first kappa shape index (κ1) is 18.1. The van der Waals surface area contributed by atoms with E-state index in [0.29, 0.717) is 12.8 Å². The van der Waals surface area contributed by atoms with Gasteiger partial charge in [0.15, 0.2) is 0 Å². The summed E-state index contributed by atoms with van der Waals surface area (Å²) in [7, 11) is 0. The fourth-order valence-corrected chi connectivity index (χ4v) is 3.00. The van der Waals surface area contributed by atoms with E-state index in [1.54, 1.807) is 0 Å². The smallest absolute Gasteiger partial charge is 0.227 e. The molecule has 2 rings (SSSR count). The number of nitrogens with two attached hydrogens (primary N) is 1. The number of hydrogen-bond acceptors (Lipinski definition) is 3. The number of anilines is 1. The van der Waals surface area contributed by atoms with Crippen molar-refractivity contribution in [1.82, 2.24) is 0 Å². The average molecular weight is 342 g/mol. The molecule has 0 saturated carbocycles. The van der Waals surface area contributed by atoms with E-state index in [1.165, 1.54) is 17.3 Å². The Hall–Kier alpha value is -2.27. The Morgan fingerprint density at radius 1 is 1.04 bits per heavy atom. The molecule has 0 aromatic heterocycles. The van der Waals surface area contributed by atoms with E-state index >= 15 is 0 Å². The van der Waals surface area contributed by atoms with E-state index < -0.39 is 0 Å². The molecule has 2 aromatic carbocycles. The number of aryl methyl sites for hydroxylation is 2. The molecule has 0 atom stereocenters. The fourth-order valence-electron chi connectivity index (χ4n) is 2.26. The molecule has 0 aliphatic carbocycles. The molecule has 5 heteroatoms. The monoisotopic (exact) mass is 342 g/mol. The van der Waals surface area contributed by atoms with Gasteiger partial charge in [-0.05, 0) is 36.1 Å². The van der Waals surface area contributed by atoms with Crippen LogP contribution in [0.2, 0.25) is 0 Å². The molecule has 2 amide bonds. The van der Waals surface area contributed by atoms with Crippen molar-refractivity contribution < 1.29 is 9.59 Å². The van der Waals surface area contributed by atoms with Crippen LogP contribution >= 0.6 is 11.8 Å². The first-order valence-electron chi connectivity index (χ1n) is 7.96. The molecule has 24 heavy (non-hydrogen) atoms. The van der Waals surface area contributed by atoms with Crippen molar-refractivity contribution in [3.8, 4) is 0 Å². The van der Waals surface area contributed by atoms with E-state index in [2.05, 4.69) is 36.5 Å². The van der Waals surface area contributed by atoms with Gasteiger partial charge in [0.2, 0.25) is 11.8 Å². The molecule has 126 valence electrons. The molecule has 0 unspecified atom stereocenters. The lowest BCUT2D eigenvalue weighted by Gasteiger charge is -2.10. The lowest BCUT2D eigenvalue weighted by molar-refractivity contribution is -0.116. The zero-order valence-electron chi connectivity index (χ0n) is 13.7. The van der Waals surface area contributed by atoms with Crippen LogP contribution in [-0.2, 0) is 22.4 Å². The largest absolute Gasteiger partial charge is 0.369 e. The zero-order valence-corrected chi connectivity index (χ0v) is 14.6. The molecule has 0 bridgehead atoms. The van der Waals surface area contributed by atoms with Gasteiger partial charge in [-0.15, -0.1) is 11.8 Å². The minimum absolute atomic E-state index is 0.0401. The summed E-state index contributed by atoms with van der Waals surface area (Å²) in [6.07, 6.45) is 2.13. The number of amides is 2. The number of benzene rings is 2. The topological polar surface area (TPSA) is 72.2 Å². The fraction of sp³-hybridized carbons (Fsp3) is 0.263. The van der Waals surface area contributed by atoms with Gasteiger partial charge in [-0.1, -0.05) is 43.3 Å². The van der Waals surface area contributed by atoms with Crippen LogP contribution in [0.3, 0.4) is 0 Å². The maximum Gasteiger partial charge on any atom is 0.227 e. The van der Waals surface area contributed by atoms with Gasteiger partial charge in [-0.3, -0.25) is 9.59 Å². The van der Waals surface area contributed by atoms with E-state index in [-0.39, 0.29) is 17.6 Å². The van der Waals surface area contributed by atoms with E-state index in [4.69, 9.17) is 5.73 Å². The number of carbonyl (C=O) groups excluding carboxylic acids is 2. The Kier molecular flexibility index (Phi) is 6.88. The number of para-hydroxylation sites is 1. The lowest BCUT2D eigenvalue weighted by atomic mass is 10.1. The number of carbonyl (C=O) groups is 2. The highest BCUT2D eigenvalue weighted by molar-refractivity contribution is 8.00. The standard InChI is InChI=1S/C19H22N2O2S/c1-2-14-7-9-15(10-8-14)11-12-19(23)21-16-5-3-4-6-17(16)24-13-18(20)22/h3-10H,2,11-13H2,1H3,(H2,20,22)(H,21,23). The van der Waals surface area contributed by atoms with Crippen LogP contribution in [-0.4, -0.2) is 17.6 Å². The van der Waals surface area contributed by atoms with Crippen LogP contribution < -0.4 is 11.1 Å². The number of nitrogens with one attached hydrogen (secondary N) is 1. The van der Waals surface area contributed by atoms with Crippen molar-refractivity contribution in [1.29, 1.82) is 0 Å². The van der Waals surface area contributed by atoms with Gasteiger partial charge < -0.3 is 11.1 Å². The first-order valence-corrected chi connectivity index (χ1v) is 8.95. The molecular formula is C19H22N2O2S. The highest BCUT2D eigenvalue weighted by Crippen LogP contribution is 2.26. The quantitative estimate of drug-likeness (QED) is 0.722. The van der Waals surface area contributed by atoms with Crippen LogP contribution in [0.1, 0.15) is 24.5 Å². The summed E-state index contributed by atoms with van der Waals surface area (Å²) >= 11 is 1.33. The molecule has 0 aliphatic rings. The van der Waals surface area contributed by atoms with Gasteiger partial charge in [-0.2, -0.15) is 0 Å². The summed E-state index contributed by atoms with van der Waals surface area (Å²) in [5, 5.41) is 2.92. The maximum atomic E-state index is 12.2. The third-order valence-corrected chi connectivity index (χ3v) is 4.70. The Morgan fingerprint density at radius 3 is 2.38 bits per heavy atom.